The molecule has 0 saturated heterocycles. The van der Waals surface area contributed by atoms with Gasteiger partial charge in [0.25, 0.3) is 5.91 Å². The molecule has 0 unspecified atom stereocenters. The van der Waals surface area contributed by atoms with Gasteiger partial charge >= 0.3 is 6.09 Å². The minimum absolute atomic E-state index is 0.0133. The minimum atomic E-state index is -0.485. The number of amides is 2. The molecule has 2 N–H and O–H groups in total. The Morgan fingerprint density at radius 3 is 2.07 bits per heavy atom. The molecule has 0 radical (unpaired) electrons. The first-order valence-electron chi connectivity index (χ1n) is 10.2. The lowest BCUT2D eigenvalue weighted by atomic mass is 9.91. The number of alkyl carbamates (subject to hydrolysis) is 1. The summed E-state index contributed by atoms with van der Waals surface area (Å²) in [5, 5.41) is 6.06. The normalized spacial score (nSPS) is 20.0. The van der Waals surface area contributed by atoms with Gasteiger partial charge in [-0.15, -0.1) is 0 Å². The average Bonchev–Trinajstić information content (AvgIpc) is 2.60. The monoisotopic (exact) mass is 374 g/mol. The molecule has 1 aliphatic rings. The second kappa shape index (κ2) is 9.77. The summed E-state index contributed by atoms with van der Waals surface area (Å²) in [5.74, 6) is -0.0133. The van der Waals surface area contributed by atoms with Gasteiger partial charge in [0.2, 0.25) is 0 Å². The van der Waals surface area contributed by atoms with Crippen LogP contribution in [-0.4, -0.2) is 29.7 Å². The smallest absolute Gasteiger partial charge is 0.407 e. The SMILES string of the molecule is CCCCc1ccc(C(=O)N[C@H]2CC[C@H](NC(=O)OC(C)(C)C)CC2)cc1. The summed E-state index contributed by atoms with van der Waals surface area (Å²) in [6.07, 6.45) is 6.47. The van der Waals surface area contributed by atoms with Crippen LogP contribution in [0.1, 0.15) is 82.1 Å². The van der Waals surface area contributed by atoms with Gasteiger partial charge in [0.05, 0.1) is 0 Å². The molecule has 1 aliphatic carbocycles. The van der Waals surface area contributed by atoms with E-state index < -0.39 is 5.60 Å². The lowest BCUT2D eigenvalue weighted by Crippen LogP contribution is -2.45. The number of benzene rings is 1. The largest absolute Gasteiger partial charge is 0.444 e. The highest BCUT2D eigenvalue weighted by Gasteiger charge is 2.25. The maximum absolute atomic E-state index is 12.5. The molecule has 0 heterocycles. The third-order valence-electron chi connectivity index (χ3n) is 4.82. The molecular formula is C22H34N2O3. The number of aryl methyl sites for hydroxylation is 1. The number of hydrogen-bond acceptors (Lipinski definition) is 3. The number of carbonyl (C=O) groups is 2. The number of ether oxygens (including phenoxy) is 1. The Morgan fingerprint density at radius 1 is 1.00 bits per heavy atom. The van der Waals surface area contributed by atoms with Gasteiger partial charge in [-0.2, -0.15) is 0 Å². The molecule has 27 heavy (non-hydrogen) atoms. The van der Waals surface area contributed by atoms with Crippen molar-refractivity contribution in [3.8, 4) is 0 Å². The number of hydrogen-bond donors (Lipinski definition) is 2. The van der Waals surface area contributed by atoms with Gasteiger partial charge < -0.3 is 15.4 Å². The zero-order valence-electron chi connectivity index (χ0n) is 17.1. The fraction of sp³-hybridized carbons (Fsp3) is 0.636. The molecule has 0 aromatic heterocycles. The first-order valence-corrected chi connectivity index (χ1v) is 10.2. The summed E-state index contributed by atoms with van der Waals surface area (Å²) >= 11 is 0. The number of unbranched alkanes of at least 4 members (excludes halogenated alkanes) is 1. The number of nitrogens with one attached hydrogen (secondary N) is 2. The Hall–Kier alpha value is -2.04. The van der Waals surface area contributed by atoms with Gasteiger partial charge in [-0.1, -0.05) is 25.5 Å². The molecule has 5 nitrogen and oxygen atoms in total. The quantitative estimate of drug-likeness (QED) is 0.765. The maximum atomic E-state index is 12.5. The highest BCUT2D eigenvalue weighted by molar-refractivity contribution is 5.94. The fourth-order valence-electron chi connectivity index (χ4n) is 3.33. The van der Waals surface area contributed by atoms with Gasteiger partial charge in [0.15, 0.2) is 0 Å². The number of carbonyl (C=O) groups excluding carboxylic acids is 2. The first-order chi connectivity index (χ1) is 12.8. The summed E-state index contributed by atoms with van der Waals surface area (Å²) in [6, 6.07) is 8.20. The minimum Gasteiger partial charge on any atom is -0.444 e. The predicted octanol–water partition coefficient (Wildman–Crippen LogP) is 4.59. The molecule has 0 atom stereocenters. The van der Waals surface area contributed by atoms with Crippen LogP contribution < -0.4 is 10.6 Å². The van der Waals surface area contributed by atoms with E-state index in [0.29, 0.717) is 5.56 Å². The zero-order valence-corrected chi connectivity index (χ0v) is 17.1. The van der Waals surface area contributed by atoms with E-state index in [1.807, 2.05) is 45.0 Å². The molecular weight excluding hydrogens is 340 g/mol. The Balaban J connectivity index is 1.75. The second-order valence-corrected chi connectivity index (χ2v) is 8.47. The predicted molar refractivity (Wildman–Crippen MR) is 108 cm³/mol. The van der Waals surface area contributed by atoms with E-state index in [1.54, 1.807) is 0 Å². The van der Waals surface area contributed by atoms with Crippen molar-refractivity contribution in [2.24, 2.45) is 0 Å². The highest BCUT2D eigenvalue weighted by atomic mass is 16.6. The van der Waals surface area contributed by atoms with Gasteiger partial charge in [-0.25, -0.2) is 4.79 Å². The Morgan fingerprint density at radius 2 is 1.56 bits per heavy atom. The maximum Gasteiger partial charge on any atom is 0.407 e. The third kappa shape index (κ3) is 7.61. The summed E-state index contributed by atoms with van der Waals surface area (Å²) < 4.78 is 5.30. The second-order valence-electron chi connectivity index (χ2n) is 8.47. The summed E-state index contributed by atoms with van der Waals surface area (Å²) in [6.45, 7) is 7.75. The van der Waals surface area contributed by atoms with Gasteiger partial charge in [-0.05, 0) is 77.0 Å². The lowest BCUT2D eigenvalue weighted by Gasteiger charge is -2.30. The summed E-state index contributed by atoms with van der Waals surface area (Å²) in [4.78, 5) is 24.3. The van der Waals surface area contributed by atoms with Crippen molar-refractivity contribution in [1.82, 2.24) is 10.6 Å². The van der Waals surface area contributed by atoms with Crippen LogP contribution in [0.3, 0.4) is 0 Å². The molecule has 1 aromatic carbocycles. The first kappa shape index (κ1) is 21.3. The molecule has 0 bridgehead atoms. The van der Waals surface area contributed by atoms with E-state index >= 15 is 0 Å². The van der Waals surface area contributed by atoms with Gasteiger partial charge in [-0.3, -0.25) is 4.79 Å². The van der Waals surface area contributed by atoms with Crippen molar-refractivity contribution in [1.29, 1.82) is 0 Å². The van der Waals surface area contributed by atoms with Crippen LogP contribution in [0.4, 0.5) is 4.79 Å². The van der Waals surface area contributed by atoms with E-state index in [2.05, 4.69) is 17.6 Å². The van der Waals surface area contributed by atoms with Crippen molar-refractivity contribution in [3.63, 3.8) is 0 Å². The van der Waals surface area contributed by atoms with Crippen molar-refractivity contribution >= 4 is 12.0 Å². The van der Waals surface area contributed by atoms with Crippen LogP contribution in [0, 0.1) is 0 Å². The van der Waals surface area contributed by atoms with Crippen molar-refractivity contribution in [2.75, 3.05) is 0 Å². The van der Waals surface area contributed by atoms with E-state index in [-0.39, 0.29) is 24.1 Å². The molecule has 1 aromatic rings. The molecule has 150 valence electrons. The summed E-state index contributed by atoms with van der Waals surface area (Å²) in [5.41, 5.74) is 1.51. The van der Waals surface area contributed by atoms with Crippen molar-refractivity contribution in [2.45, 2.75) is 90.3 Å². The fourth-order valence-corrected chi connectivity index (χ4v) is 3.33. The Labute approximate surface area is 163 Å². The van der Waals surface area contributed by atoms with Crippen molar-refractivity contribution in [3.05, 3.63) is 35.4 Å². The molecule has 2 rings (SSSR count). The van der Waals surface area contributed by atoms with Crippen LogP contribution in [0.2, 0.25) is 0 Å². The molecule has 0 spiro atoms. The van der Waals surface area contributed by atoms with E-state index in [1.165, 1.54) is 18.4 Å². The average molecular weight is 375 g/mol. The number of rotatable bonds is 6. The Bertz CT molecular complexity index is 611. The standard InChI is InChI=1S/C22H34N2O3/c1-5-6-7-16-8-10-17(11-9-16)20(25)23-18-12-14-19(15-13-18)24-21(26)27-22(2,3)4/h8-11,18-19H,5-7,12-15H2,1-4H3,(H,23,25)(H,24,26)/t18-,19-. The van der Waals surface area contributed by atoms with Crippen LogP contribution in [-0.2, 0) is 11.2 Å². The molecule has 2 amide bonds. The molecule has 5 heteroatoms. The van der Waals surface area contributed by atoms with E-state index in [9.17, 15) is 9.59 Å². The zero-order chi connectivity index (χ0) is 19.9. The van der Waals surface area contributed by atoms with Crippen LogP contribution in [0.15, 0.2) is 24.3 Å². The molecule has 1 fully saturated rings. The van der Waals surface area contributed by atoms with E-state index in [0.717, 1.165) is 32.1 Å². The van der Waals surface area contributed by atoms with Gasteiger partial charge in [0.1, 0.15) is 5.60 Å². The summed E-state index contributed by atoms with van der Waals surface area (Å²) in [7, 11) is 0. The van der Waals surface area contributed by atoms with Crippen LogP contribution >= 0.6 is 0 Å². The third-order valence-corrected chi connectivity index (χ3v) is 4.82. The topological polar surface area (TPSA) is 67.4 Å². The highest BCUT2D eigenvalue weighted by Crippen LogP contribution is 2.20. The van der Waals surface area contributed by atoms with Gasteiger partial charge in [0, 0.05) is 17.6 Å². The van der Waals surface area contributed by atoms with Crippen LogP contribution in [0.5, 0.6) is 0 Å². The lowest BCUT2D eigenvalue weighted by molar-refractivity contribution is 0.0488. The molecule has 1 saturated carbocycles. The van der Waals surface area contributed by atoms with Crippen LogP contribution in [0.25, 0.3) is 0 Å². The van der Waals surface area contributed by atoms with Crippen molar-refractivity contribution < 1.29 is 14.3 Å². The Kier molecular flexibility index (Phi) is 7.69. The molecule has 0 aliphatic heterocycles. The van der Waals surface area contributed by atoms with E-state index in [4.69, 9.17) is 4.74 Å².